The molecule has 0 aromatic heterocycles. The van der Waals surface area contributed by atoms with Gasteiger partial charge in [-0.05, 0) is 23.1 Å². The number of carboxylic acid groups (broad SMARTS) is 1. The number of nitrogens with one attached hydrogen (secondary N) is 1. The molecule has 162 valence electrons. The summed E-state index contributed by atoms with van der Waals surface area (Å²) in [6.45, 7) is 6.62. The van der Waals surface area contributed by atoms with Crippen LogP contribution in [0.1, 0.15) is 32.4 Å². The van der Waals surface area contributed by atoms with Crippen LogP contribution in [-0.4, -0.2) is 61.5 Å². The molecule has 1 fully saturated rings. The first-order chi connectivity index (χ1) is 13.5. The summed E-state index contributed by atoms with van der Waals surface area (Å²) in [6.07, 6.45) is -1.84. The lowest BCUT2D eigenvalue weighted by Gasteiger charge is -2.34. The number of hydrogen-bond donors (Lipinski definition) is 2. The van der Waals surface area contributed by atoms with Crippen molar-refractivity contribution in [3.63, 3.8) is 0 Å². The number of methoxy groups -OCH3 is 1. The third kappa shape index (κ3) is 6.47. The van der Waals surface area contributed by atoms with Crippen molar-refractivity contribution in [2.24, 2.45) is 11.3 Å². The van der Waals surface area contributed by atoms with Crippen LogP contribution in [0.2, 0.25) is 10.0 Å². The van der Waals surface area contributed by atoms with Gasteiger partial charge in [0.1, 0.15) is 6.61 Å². The summed E-state index contributed by atoms with van der Waals surface area (Å²) in [5.41, 5.74) is 0.489. The van der Waals surface area contributed by atoms with E-state index in [1.807, 2.05) is 26.8 Å². The second-order valence-electron chi connectivity index (χ2n) is 8.27. The Hall–Kier alpha value is -1.54. The number of nitrogens with zero attached hydrogens (tertiary/aromatic N) is 1. The fourth-order valence-electron chi connectivity index (χ4n) is 3.26. The molecule has 1 aliphatic heterocycles. The van der Waals surface area contributed by atoms with Crippen LogP contribution < -0.4 is 5.32 Å². The molecule has 0 saturated carbocycles. The maximum atomic E-state index is 11.9. The molecule has 2 N–H and O–H groups in total. The first-order valence-electron chi connectivity index (χ1n) is 9.36. The van der Waals surface area contributed by atoms with Crippen LogP contribution >= 0.6 is 23.2 Å². The van der Waals surface area contributed by atoms with Crippen molar-refractivity contribution < 1.29 is 24.2 Å². The van der Waals surface area contributed by atoms with Gasteiger partial charge in [-0.25, -0.2) is 4.79 Å². The molecule has 1 aromatic carbocycles. The summed E-state index contributed by atoms with van der Waals surface area (Å²) in [7, 11) is 1.44. The average molecular weight is 447 g/mol. The predicted octanol–water partition coefficient (Wildman–Crippen LogP) is 3.84. The highest BCUT2D eigenvalue weighted by molar-refractivity contribution is 6.42. The molecule has 1 aliphatic rings. The topological polar surface area (TPSA) is 88.1 Å². The summed E-state index contributed by atoms with van der Waals surface area (Å²) in [5.74, 6) is -0.601. The molecule has 3 atom stereocenters. The SMILES string of the molecule is COCC(=O)NC[C@@H]1CN(C(=O)O)CC(C(C)(C)C)O[C@H]1c1ccc(Cl)c(Cl)c1. The van der Waals surface area contributed by atoms with Crippen LogP contribution in [0, 0.1) is 11.3 Å². The van der Waals surface area contributed by atoms with E-state index in [1.54, 1.807) is 12.1 Å². The van der Waals surface area contributed by atoms with E-state index in [9.17, 15) is 14.7 Å². The van der Waals surface area contributed by atoms with Crippen molar-refractivity contribution in [1.29, 1.82) is 0 Å². The highest BCUT2D eigenvalue weighted by atomic mass is 35.5. The number of carbonyl (C=O) groups is 2. The first kappa shape index (κ1) is 23.7. The Morgan fingerprint density at radius 3 is 2.52 bits per heavy atom. The molecule has 1 unspecified atom stereocenters. The summed E-state index contributed by atoms with van der Waals surface area (Å²) in [4.78, 5) is 25.1. The van der Waals surface area contributed by atoms with Crippen LogP contribution in [0.25, 0.3) is 0 Å². The van der Waals surface area contributed by atoms with E-state index in [-0.39, 0.29) is 49.6 Å². The molecule has 1 aromatic rings. The Morgan fingerprint density at radius 2 is 1.97 bits per heavy atom. The van der Waals surface area contributed by atoms with Gasteiger partial charge >= 0.3 is 6.09 Å². The van der Waals surface area contributed by atoms with Crippen LogP contribution in [-0.2, 0) is 14.3 Å². The monoisotopic (exact) mass is 446 g/mol. The van der Waals surface area contributed by atoms with E-state index >= 15 is 0 Å². The van der Waals surface area contributed by atoms with Gasteiger partial charge in [-0.2, -0.15) is 0 Å². The fraction of sp³-hybridized carbons (Fsp3) is 0.600. The van der Waals surface area contributed by atoms with Gasteiger partial charge in [0.2, 0.25) is 5.91 Å². The molecule has 0 bridgehead atoms. The predicted molar refractivity (Wildman–Crippen MR) is 112 cm³/mol. The lowest BCUT2D eigenvalue weighted by Crippen LogP contribution is -2.43. The first-order valence-corrected chi connectivity index (χ1v) is 10.1. The van der Waals surface area contributed by atoms with Crippen LogP contribution in [0.15, 0.2) is 18.2 Å². The standard InChI is InChI=1S/C20H28Cl2N2O5/c1-20(2,3)16-10-24(19(26)27)9-13(8-23-17(25)11-28-4)18(29-16)12-5-6-14(21)15(22)7-12/h5-7,13,16,18H,8-11H2,1-4H3,(H,23,25)(H,26,27)/t13-,16?,18+/m1/s1. The molecule has 29 heavy (non-hydrogen) atoms. The Labute approximate surface area is 181 Å². The minimum atomic E-state index is -1.02. The molecule has 0 aliphatic carbocycles. The van der Waals surface area contributed by atoms with Gasteiger partial charge in [-0.3, -0.25) is 4.79 Å². The smallest absolute Gasteiger partial charge is 0.407 e. The minimum Gasteiger partial charge on any atom is -0.465 e. The van der Waals surface area contributed by atoms with Crippen LogP contribution in [0.4, 0.5) is 4.79 Å². The fourth-order valence-corrected chi connectivity index (χ4v) is 3.56. The highest BCUT2D eigenvalue weighted by Crippen LogP contribution is 2.38. The molecular formula is C20H28Cl2N2O5. The number of amides is 2. The normalized spacial score (nSPS) is 22.8. The van der Waals surface area contributed by atoms with Gasteiger partial charge < -0.3 is 24.8 Å². The van der Waals surface area contributed by atoms with Crippen LogP contribution in [0.3, 0.4) is 0 Å². The van der Waals surface area contributed by atoms with Crippen molar-refractivity contribution in [2.45, 2.75) is 33.0 Å². The number of hydrogen-bond acceptors (Lipinski definition) is 4. The molecule has 9 heteroatoms. The van der Waals surface area contributed by atoms with Gasteiger partial charge in [-0.1, -0.05) is 50.0 Å². The van der Waals surface area contributed by atoms with Crippen molar-refractivity contribution in [3.05, 3.63) is 33.8 Å². The van der Waals surface area contributed by atoms with Crippen LogP contribution in [0.5, 0.6) is 0 Å². The molecule has 7 nitrogen and oxygen atoms in total. The molecule has 1 heterocycles. The maximum absolute atomic E-state index is 11.9. The third-order valence-electron chi connectivity index (χ3n) is 4.93. The van der Waals surface area contributed by atoms with E-state index in [4.69, 9.17) is 32.7 Å². The summed E-state index contributed by atoms with van der Waals surface area (Å²) in [5, 5.41) is 13.3. The molecule has 0 spiro atoms. The summed E-state index contributed by atoms with van der Waals surface area (Å²) < 4.78 is 11.3. The number of halogens is 2. The highest BCUT2D eigenvalue weighted by Gasteiger charge is 2.39. The van der Waals surface area contributed by atoms with Crippen molar-refractivity contribution in [1.82, 2.24) is 10.2 Å². The van der Waals surface area contributed by atoms with Gasteiger partial charge in [0.05, 0.1) is 28.8 Å². The van der Waals surface area contributed by atoms with Crippen molar-refractivity contribution in [3.8, 4) is 0 Å². The van der Waals surface area contributed by atoms with Gasteiger partial charge in [0, 0.05) is 26.1 Å². The second-order valence-corrected chi connectivity index (χ2v) is 9.08. The quantitative estimate of drug-likeness (QED) is 0.716. The number of benzene rings is 1. The Morgan fingerprint density at radius 1 is 1.28 bits per heavy atom. The largest absolute Gasteiger partial charge is 0.465 e. The van der Waals surface area contributed by atoms with Gasteiger partial charge in [0.25, 0.3) is 0 Å². The van der Waals surface area contributed by atoms with Gasteiger partial charge in [-0.15, -0.1) is 0 Å². The molecule has 1 saturated heterocycles. The van der Waals surface area contributed by atoms with E-state index < -0.39 is 12.2 Å². The van der Waals surface area contributed by atoms with E-state index in [0.29, 0.717) is 10.0 Å². The third-order valence-corrected chi connectivity index (χ3v) is 5.66. The zero-order valence-electron chi connectivity index (χ0n) is 17.1. The zero-order chi connectivity index (χ0) is 21.8. The Kier molecular flexibility index (Phi) is 8.17. The summed E-state index contributed by atoms with van der Waals surface area (Å²) in [6, 6.07) is 5.24. The van der Waals surface area contributed by atoms with Crippen molar-refractivity contribution in [2.75, 3.05) is 33.4 Å². The molecule has 2 rings (SSSR count). The van der Waals surface area contributed by atoms with E-state index in [1.165, 1.54) is 12.0 Å². The Balaban J connectivity index is 2.40. The van der Waals surface area contributed by atoms with Gasteiger partial charge in [0.15, 0.2) is 0 Å². The molecular weight excluding hydrogens is 419 g/mol. The number of rotatable bonds is 5. The maximum Gasteiger partial charge on any atom is 0.407 e. The summed E-state index contributed by atoms with van der Waals surface area (Å²) >= 11 is 12.3. The Bertz CT molecular complexity index is 738. The van der Waals surface area contributed by atoms with E-state index in [2.05, 4.69) is 5.32 Å². The number of carbonyl (C=O) groups excluding carboxylic acids is 1. The average Bonchev–Trinajstić information content (AvgIpc) is 2.82. The lowest BCUT2D eigenvalue weighted by molar-refractivity contribution is -0.125. The second kappa shape index (κ2) is 9.98. The molecule has 0 radical (unpaired) electrons. The lowest BCUT2D eigenvalue weighted by atomic mass is 9.88. The molecule has 2 amide bonds. The number of ether oxygens (including phenoxy) is 2. The zero-order valence-corrected chi connectivity index (χ0v) is 18.6. The minimum absolute atomic E-state index is 0.0712. The van der Waals surface area contributed by atoms with E-state index in [0.717, 1.165) is 5.56 Å². The van der Waals surface area contributed by atoms with Crippen molar-refractivity contribution >= 4 is 35.2 Å².